The van der Waals surface area contributed by atoms with Crippen LogP contribution < -0.4 is 15.3 Å². The molecular weight excluding hydrogens is 265 g/mol. The van der Waals surface area contributed by atoms with Gasteiger partial charge in [-0.2, -0.15) is 0 Å². The Morgan fingerprint density at radius 3 is 2.71 bits per heavy atom. The third-order valence-corrected chi connectivity index (χ3v) is 9.53. The van der Waals surface area contributed by atoms with Crippen LogP contribution in [0.3, 0.4) is 0 Å². The number of ether oxygens (including phenoxy) is 1. The molecular formula is C13H21OP3. The van der Waals surface area contributed by atoms with Crippen LogP contribution in [0.2, 0.25) is 0 Å². The number of hydrogen-bond acceptors (Lipinski definition) is 1. The summed E-state index contributed by atoms with van der Waals surface area (Å²) < 4.78 is 5.52. The van der Waals surface area contributed by atoms with Gasteiger partial charge < -0.3 is 4.74 Å². The molecule has 2 rings (SSSR count). The van der Waals surface area contributed by atoms with Gasteiger partial charge in [0.2, 0.25) is 0 Å². The lowest BCUT2D eigenvalue weighted by Gasteiger charge is -2.13. The van der Waals surface area contributed by atoms with Crippen molar-refractivity contribution in [2.75, 3.05) is 37.9 Å². The van der Waals surface area contributed by atoms with Crippen LogP contribution in [0.5, 0.6) is 5.75 Å². The molecule has 3 atom stereocenters. The summed E-state index contributed by atoms with van der Waals surface area (Å²) in [5.74, 6) is 1.12. The van der Waals surface area contributed by atoms with Crippen LogP contribution in [0, 0.1) is 0 Å². The monoisotopic (exact) mass is 286 g/mol. The van der Waals surface area contributed by atoms with Crippen molar-refractivity contribution >= 4 is 35.7 Å². The largest absolute Gasteiger partial charge is 0.496 e. The molecule has 1 nitrogen and oxygen atoms in total. The predicted molar refractivity (Wildman–Crippen MR) is 85.8 cm³/mol. The molecule has 0 N–H and O–H groups in total. The quantitative estimate of drug-likeness (QED) is 0.760. The van der Waals surface area contributed by atoms with E-state index in [1.54, 1.807) is 12.4 Å². The SMILES string of the molecule is CCP1CCPc2cccc(OC)c2PCC1. The van der Waals surface area contributed by atoms with Crippen LogP contribution in [0.1, 0.15) is 6.92 Å². The van der Waals surface area contributed by atoms with Crippen molar-refractivity contribution < 1.29 is 4.74 Å². The van der Waals surface area contributed by atoms with Crippen LogP contribution in [-0.4, -0.2) is 37.9 Å². The van der Waals surface area contributed by atoms with Crippen molar-refractivity contribution in [1.82, 2.24) is 0 Å². The van der Waals surface area contributed by atoms with Crippen molar-refractivity contribution in [3.63, 3.8) is 0 Å². The van der Waals surface area contributed by atoms with Crippen molar-refractivity contribution in [2.45, 2.75) is 6.92 Å². The maximum absolute atomic E-state index is 5.52. The first-order valence-electron chi connectivity index (χ1n) is 6.22. The van der Waals surface area contributed by atoms with Gasteiger partial charge in [0.25, 0.3) is 0 Å². The van der Waals surface area contributed by atoms with Crippen molar-refractivity contribution in [3.05, 3.63) is 18.2 Å². The number of methoxy groups -OCH3 is 1. The molecule has 0 amide bonds. The Morgan fingerprint density at radius 1 is 1.24 bits per heavy atom. The summed E-state index contributed by atoms with van der Waals surface area (Å²) in [6, 6.07) is 6.58. The summed E-state index contributed by atoms with van der Waals surface area (Å²) in [7, 11) is 4.07. The minimum atomic E-state index is 0.326. The molecule has 0 aromatic heterocycles. The lowest BCUT2D eigenvalue weighted by Crippen LogP contribution is -2.18. The Labute approximate surface area is 109 Å². The van der Waals surface area contributed by atoms with Crippen LogP contribution >= 0.6 is 25.1 Å². The summed E-state index contributed by atoms with van der Waals surface area (Å²) in [6.45, 7) is 2.36. The smallest absolute Gasteiger partial charge is 0.126 e. The summed E-state index contributed by atoms with van der Waals surface area (Å²) in [4.78, 5) is 0. The van der Waals surface area contributed by atoms with Crippen LogP contribution in [-0.2, 0) is 0 Å². The van der Waals surface area contributed by atoms with Gasteiger partial charge in [-0.3, -0.25) is 0 Å². The molecule has 4 heteroatoms. The van der Waals surface area contributed by atoms with Crippen molar-refractivity contribution in [2.24, 2.45) is 0 Å². The third-order valence-electron chi connectivity index (χ3n) is 3.17. The van der Waals surface area contributed by atoms with Gasteiger partial charge in [-0.05, 0) is 42.2 Å². The van der Waals surface area contributed by atoms with Gasteiger partial charge in [0, 0.05) is 5.30 Å². The molecule has 1 heterocycles. The Balaban J connectivity index is 2.18. The average molecular weight is 286 g/mol. The van der Waals surface area contributed by atoms with Crippen LogP contribution in [0.4, 0.5) is 0 Å². The molecule has 0 aliphatic carbocycles. The second kappa shape index (κ2) is 7.04. The van der Waals surface area contributed by atoms with E-state index < -0.39 is 0 Å². The molecule has 0 saturated carbocycles. The van der Waals surface area contributed by atoms with Crippen molar-refractivity contribution in [3.8, 4) is 5.75 Å². The van der Waals surface area contributed by atoms with E-state index in [2.05, 4.69) is 25.1 Å². The van der Waals surface area contributed by atoms with Gasteiger partial charge in [0.1, 0.15) is 5.75 Å². The molecule has 1 aliphatic heterocycles. The lowest BCUT2D eigenvalue weighted by atomic mass is 10.3. The van der Waals surface area contributed by atoms with E-state index in [1.807, 2.05) is 0 Å². The molecule has 0 spiro atoms. The van der Waals surface area contributed by atoms with Gasteiger partial charge in [0.05, 0.1) is 7.11 Å². The zero-order chi connectivity index (χ0) is 12.1. The van der Waals surface area contributed by atoms with Gasteiger partial charge in [-0.25, -0.2) is 0 Å². The third kappa shape index (κ3) is 3.64. The van der Waals surface area contributed by atoms with Crippen LogP contribution in [0.15, 0.2) is 18.2 Å². The molecule has 0 radical (unpaired) electrons. The molecule has 3 unspecified atom stereocenters. The Kier molecular flexibility index (Phi) is 5.68. The van der Waals surface area contributed by atoms with E-state index in [0.29, 0.717) is 7.92 Å². The average Bonchev–Trinajstić information content (AvgIpc) is 2.47. The van der Waals surface area contributed by atoms with Gasteiger partial charge >= 0.3 is 0 Å². The molecule has 94 valence electrons. The molecule has 17 heavy (non-hydrogen) atoms. The first kappa shape index (κ1) is 13.7. The standard InChI is InChI=1S/C13H21OP3/c1-3-17-9-7-15-12-6-4-5-11(14-2)13(12)16-8-10-17/h4-6,15-16H,3,7-10H2,1-2H3. The van der Waals surface area contributed by atoms with Gasteiger partial charge in [-0.15, -0.1) is 7.92 Å². The molecule has 1 aromatic rings. The molecule has 1 aromatic carbocycles. The lowest BCUT2D eigenvalue weighted by molar-refractivity contribution is 0.418. The molecule has 0 bridgehead atoms. The summed E-state index contributed by atoms with van der Waals surface area (Å²) in [6.07, 6.45) is 7.12. The van der Waals surface area contributed by atoms with E-state index in [0.717, 1.165) is 22.9 Å². The van der Waals surface area contributed by atoms with E-state index in [-0.39, 0.29) is 0 Å². The Bertz CT molecular complexity index is 368. The normalized spacial score (nSPS) is 23.8. The Hall–Kier alpha value is 0.310. The fourth-order valence-corrected chi connectivity index (χ4v) is 8.62. The second-order valence-electron chi connectivity index (χ2n) is 4.17. The maximum Gasteiger partial charge on any atom is 0.126 e. The summed E-state index contributed by atoms with van der Waals surface area (Å²) in [5, 5.41) is 3.08. The molecule has 1 aliphatic rings. The highest BCUT2D eigenvalue weighted by Crippen LogP contribution is 2.39. The zero-order valence-electron chi connectivity index (χ0n) is 10.6. The first-order chi connectivity index (χ1) is 8.35. The summed E-state index contributed by atoms with van der Waals surface area (Å²) in [5.41, 5.74) is 0. The maximum atomic E-state index is 5.52. The highest BCUT2D eigenvalue weighted by Gasteiger charge is 2.13. The van der Waals surface area contributed by atoms with E-state index >= 15 is 0 Å². The topological polar surface area (TPSA) is 9.23 Å². The minimum absolute atomic E-state index is 0.326. The van der Waals surface area contributed by atoms with Gasteiger partial charge in [0.15, 0.2) is 0 Å². The fraction of sp³-hybridized carbons (Fsp3) is 0.538. The predicted octanol–water partition coefficient (Wildman–Crippen LogP) is 2.82. The number of fused-ring (bicyclic) bond motifs is 1. The molecule has 0 saturated heterocycles. The second-order valence-corrected chi connectivity index (χ2v) is 9.78. The minimum Gasteiger partial charge on any atom is -0.496 e. The fourth-order valence-electron chi connectivity index (χ4n) is 2.15. The van der Waals surface area contributed by atoms with E-state index in [1.165, 1.54) is 36.1 Å². The summed E-state index contributed by atoms with van der Waals surface area (Å²) >= 11 is 0. The van der Waals surface area contributed by atoms with Gasteiger partial charge in [-0.1, -0.05) is 36.2 Å². The number of hydrogen-bond donors (Lipinski definition) is 0. The zero-order valence-corrected chi connectivity index (χ0v) is 13.5. The van der Waals surface area contributed by atoms with Crippen LogP contribution in [0.25, 0.3) is 0 Å². The van der Waals surface area contributed by atoms with Crippen molar-refractivity contribution in [1.29, 1.82) is 0 Å². The Morgan fingerprint density at radius 2 is 2.00 bits per heavy atom. The first-order valence-corrected chi connectivity index (χ1v) is 10.5. The number of rotatable bonds is 2. The van der Waals surface area contributed by atoms with E-state index in [9.17, 15) is 0 Å². The highest BCUT2D eigenvalue weighted by atomic mass is 31.1. The number of benzene rings is 1. The molecule has 0 fully saturated rings. The van der Waals surface area contributed by atoms with E-state index in [4.69, 9.17) is 4.74 Å². The highest BCUT2D eigenvalue weighted by molar-refractivity contribution is 7.61.